The van der Waals surface area contributed by atoms with Crippen LogP contribution in [0.25, 0.3) is 0 Å². The lowest BCUT2D eigenvalue weighted by atomic mass is 9.75. The van der Waals surface area contributed by atoms with Crippen molar-refractivity contribution in [3.05, 3.63) is 42.5 Å². The number of para-hydroxylation sites is 1. The highest BCUT2D eigenvalue weighted by Gasteiger charge is 2.39. The van der Waals surface area contributed by atoms with Crippen LogP contribution >= 0.6 is 0 Å². The predicted octanol–water partition coefficient (Wildman–Crippen LogP) is 3.94. The van der Waals surface area contributed by atoms with Gasteiger partial charge in [-0.3, -0.25) is 0 Å². The molecule has 0 bridgehead atoms. The molecule has 1 aromatic rings. The highest BCUT2D eigenvalue weighted by atomic mass is 16.2. The van der Waals surface area contributed by atoms with Gasteiger partial charge in [0.1, 0.15) is 0 Å². The Hall–Kier alpha value is -1.28. The van der Waals surface area contributed by atoms with E-state index in [0.717, 1.165) is 19.3 Å². The maximum absolute atomic E-state index is 8.98. The Kier molecular flexibility index (Phi) is 4.31. The molecule has 104 valence electrons. The topological polar surface area (TPSA) is 32.3 Å². The fraction of sp³-hybridized carbons (Fsp3) is 0.529. The van der Waals surface area contributed by atoms with Crippen molar-refractivity contribution in [3.63, 3.8) is 0 Å². The number of unbranched alkanes of at least 4 members (excludes halogenated alkanes) is 1. The summed E-state index contributed by atoms with van der Waals surface area (Å²) in [6.45, 7) is 8.76. The van der Waals surface area contributed by atoms with Gasteiger partial charge in [-0.05, 0) is 24.5 Å². The summed E-state index contributed by atoms with van der Waals surface area (Å²) in [6.07, 6.45) is 5.13. The third kappa shape index (κ3) is 2.84. The summed E-state index contributed by atoms with van der Waals surface area (Å²) in [5.41, 5.74) is 2.74. The highest BCUT2D eigenvalue weighted by molar-refractivity contribution is 5.60. The molecule has 1 aliphatic heterocycles. The minimum atomic E-state index is 0.0584. The number of anilines is 1. The third-order valence-corrected chi connectivity index (χ3v) is 4.32. The van der Waals surface area contributed by atoms with E-state index in [1.54, 1.807) is 0 Å². The van der Waals surface area contributed by atoms with Crippen LogP contribution in [0.15, 0.2) is 36.9 Å². The second-order valence-corrected chi connectivity index (χ2v) is 6.06. The van der Waals surface area contributed by atoms with Gasteiger partial charge in [0.2, 0.25) is 0 Å². The van der Waals surface area contributed by atoms with Crippen LogP contribution in [0.3, 0.4) is 0 Å². The molecule has 0 saturated carbocycles. The van der Waals surface area contributed by atoms with E-state index in [9.17, 15) is 0 Å². The lowest BCUT2D eigenvalue weighted by molar-refractivity contribution is 0.275. The van der Waals surface area contributed by atoms with Crippen LogP contribution in [0.1, 0.15) is 44.6 Å². The van der Waals surface area contributed by atoms with Crippen molar-refractivity contribution >= 4 is 5.69 Å². The molecular weight excluding hydrogens is 234 g/mol. The van der Waals surface area contributed by atoms with E-state index in [4.69, 9.17) is 5.11 Å². The first-order chi connectivity index (χ1) is 9.10. The maximum Gasteiger partial charge on any atom is 0.0431 e. The van der Waals surface area contributed by atoms with Gasteiger partial charge in [-0.1, -0.05) is 44.5 Å². The molecule has 1 aliphatic rings. The van der Waals surface area contributed by atoms with Crippen molar-refractivity contribution < 1.29 is 5.11 Å². The number of hydrogen-bond donors (Lipinski definition) is 2. The number of benzene rings is 1. The van der Waals surface area contributed by atoms with E-state index in [2.05, 4.69) is 56.1 Å². The van der Waals surface area contributed by atoms with Gasteiger partial charge >= 0.3 is 0 Å². The molecule has 2 rings (SSSR count). The summed E-state index contributed by atoms with van der Waals surface area (Å²) in [5, 5.41) is 12.6. The molecule has 0 unspecified atom stereocenters. The van der Waals surface area contributed by atoms with Crippen LogP contribution in [0, 0.1) is 5.41 Å². The average Bonchev–Trinajstić information content (AvgIpc) is 2.79. The third-order valence-electron chi connectivity index (χ3n) is 4.32. The Labute approximate surface area is 116 Å². The summed E-state index contributed by atoms with van der Waals surface area (Å²) in [5.74, 6) is 0.510. The van der Waals surface area contributed by atoms with Crippen molar-refractivity contribution in [2.45, 2.75) is 45.1 Å². The minimum Gasteiger partial charge on any atom is -0.396 e. The van der Waals surface area contributed by atoms with Crippen molar-refractivity contribution in [3.8, 4) is 0 Å². The lowest BCUT2D eigenvalue weighted by Gasteiger charge is -2.33. The van der Waals surface area contributed by atoms with Crippen molar-refractivity contribution in [2.75, 3.05) is 11.9 Å². The average molecular weight is 259 g/mol. The standard InChI is InChI=1S/C17H25NO/c1-4-17(2,3)16-14(10-7-8-12-19)13-9-5-6-11-15(13)18-16/h4-6,9,11,14,16,18-19H,1,7-8,10,12H2,2-3H3/t14-,16+/m1/s1. The quantitative estimate of drug-likeness (QED) is 0.599. The van der Waals surface area contributed by atoms with Crippen molar-refractivity contribution in [1.29, 1.82) is 0 Å². The van der Waals surface area contributed by atoms with E-state index >= 15 is 0 Å². The Morgan fingerprint density at radius 3 is 2.74 bits per heavy atom. The summed E-state index contributed by atoms with van der Waals surface area (Å²) < 4.78 is 0. The molecule has 0 aliphatic carbocycles. The molecule has 2 heteroatoms. The first-order valence-corrected chi connectivity index (χ1v) is 7.20. The van der Waals surface area contributed by atoms with Gasteiger partial charge in [0.15, 0.2) is 0 Å². The van der Waals surface area contributed by atoms with Crippen molar-refractivity contribution in [2.24, 2.45) is 5.41 Å². The SMILES string of the molecule is C=CC(C)(C)[C@H]1Nc2ccccc2[C@H]1CCCCO. The lowest BCUT2D eigenvalue weighted by Crippen LogP contribution is -2.35. The molecule has 0 spiro atoms. The van der Waals surface area contributed by atoms with Gasteiger partial charge in [-0.2, -0.15) is 0 Å². The number of hydrogen-bond acceptors (Lipinski definition) is 2. The normalized spacial score (nSPS) is 21.8. The fourth-order valence-electron chi connectivity index (χ4n) is 3.03. The molecule has 2 atom stereocenters. The van der Waals surface area contributed by atoms with Crippen molar-refractivity contribution in [1.82, 2.24) is 0 Å². The number of rotatable bonds is 6. The zero-order valence-electron chi connectivity index (χ0n) is 12.0. The molecule has 0 radical (unpaired) electrons. The van der Waals surface area contributed by atoms with Crippen LogP contribution in [0.5, 0.6) is 0 Å². The number of nitrogens with one attached hydrogen (secondary N) is 1. The van der Waals surface area contributed by atoms with Gasteiger partial charge in [0.25, 0.3) is 0 Å². The zero-order chi connectivity index (χ0) is 13.9. The van der Waals surface area contributed by atoms with E-state index < -0.39 is 0 Å². The van der Waals surface area contributed by atoms with Crippen LogP contribution in [0.4, 0.5) is 5.69 Å². The van der Waals surface area contributed by atoms with Gasteiger partial charge in [-0.15, -0.1) is 6.58 Å². The van der Waals surface area contributed by atoms with Gasteiger partial charge < -0.3 is 10.4 Å². The Morgan fingerprint density at radius 2 is 2.05 bits per heavy atom. The van der Waals surface area contributed by atoms with Gasteiger partial charge in [0.05, 0.1) is 0 Å². The number of fused-ring (bicyclic) bond motifs is 1. The van der Waals surface area contributed by atoms with E-state index in [1.165, 1.54) is 11.3 Å². The molecular formula is C17H25NO. The van der Waals surface area contributed by atoms with Gasteiger partial charge in [-0.25, -0.2) is 0 Å². The Bertz CT molecular complexity index is 439. The van der Waals surface area contributed by atoms with Gasteiger partial charge in [0, 0.05) is 29.7 Å². The molecule has 2 N–H and O–H groups in total. The molecule has 0 aromatic heterocycles. The Balaban J connectivity index is 2.23. The molecule has 0 amide bonds. The smallest absolute Gasteiger partial charge is 0.0431 e. The predicted molar refractivity (Wildman–Crippen MR) is 81.5 cm³/mol. The van der Waals surface area contributed by atoms with Crippen LogP contribution in [-0.2, 0) is 0 Å². The molecule has 1 heterocycles. The zero-order valence-corrected chi connectivity index (χ0v) is 12.0. The van der Waals surface area contributed by atoms with Crippen LogP contribution in [-0.4, -0.2) is 17.8 Å². The first kappa shape index (κ1) is 14.1. The minimum absolute atomic E-state index is 0.0584. The molecule has 0 saturated heterocycles. The monoisotopic (exact) mass is 259 g/mol. The molecule has 0 fully saturated rings. The number of aliphatic hydroxyl groups excluding tert-OH is 1. The second kappa shape index (κ2) is 5.79. The first-order valence-electron chi connectivity index (χ1n) is 7.20. The van der Waals surface area contributed by atoms with E-state index in [0.29, 0.717) is 12.0 Å². The summed E-state index contributed by atoms with van der Waals surface area (Å²) >= 11 is 0. The molecule has 2 nitrogen and oxygen atoms in total. The fourth-order valence-corrected chi connectivity index (χ4v) is 3.03. The molecule has 1 aromatic carbocycles. The largest absolute Gasteiger partial charge is 0.396 e. The highest BCUT2D eigenvalue weighted by Crippen LogP contribution is 2.45. The summed E-state index contributed by atoms with van der Waals surface area (Å²) in [7, 11) is 0. The van der Waals surface area contributed by atoms with E-state index in [-0.39, 0.29) is 12.0 Å². The van der Waals surface area contributed by atoms with Crippen LogP contribution in [0.2, 0.25) is 0 Å². The Morgan fingerprint density at radius 1 is 1.32 bits per heavy atom. The van der Waals surface area contributed by atoms with Crippen LogP contribution < -0.4 is 5.32 Å². The summed E-state index contributed by atoms with van der Waals surface area (Å²) in [4.78, 5) is 0. The summed E-state index contributed by atoms with van der Waals surface area (Å²) in [6, 6.07) is 8.97. The molecule has 19 heavy (non-hydrogen) atoms. The second-order valence-electron chi connectivity index (χ2n) is 6.06. The van der Waals surface area contributed by atoms with E-state index in [1.807, 2.05) is 0 Å². The number of aliphatic hydroxyl groups is 1. The maximum atomic E-state index is 8.98.